The first-order valence-electron chi connectivity index (χ1n) is 14.9. The van der Waals surface area contributed by atoms with Crippen molar-refractivity contribution < 1.29 is 24.2 Å². The molecular formula is C32H44ClN3O5. The molecule has 224 valence electrons. The number of hydrogen-bond acceptors (Lipinski definition) is 5. The van der Waals surface area contributed by atoms with Gasteiger partial charge >= 0.3 is 0 Å². The number of para-hydroxylation sites is 1. The maximum Gasteiger partial charge on any atom is 0.253 e. The normalized spacial score (nSPS) is 28.0. The molecule has 41 heavy (non-hydrogen) atoms. The molecule has 8 nitrogen and oxygen atoms in total. The minimum atomic E-state index is -1.11. The van der Waals surface area contributed by atoms with Crippen LogP contribution in [0.15, 0.2) is 49.6 Å². The summed E-state index contributed by atoms with van der Waals surface area (Å²) in [7, 11) is 0. The SMILES string of the molecule is C=CCN(CCC)C(=O)[C@@H]1[C@H]2C(=O)N(CCCCCCO)C(C(=O)N(CC=C)c3ccccc3Cl)C23CC[C@@]1(C)O3. The van der Waals surface area contributed by atoms with Crippen LogP contribution in [0.2, 0.25) is 5.02 Å². The molecule has 3 heterocycles. The number of nitrogens with zero attached hydrogens (tertiary/aromatic N) is 3. The number of hydrogen-bond donors (Lipinski definition) is 1. The molecule has 2 bridgehead atoms. The van der Waals surface area contributed by atoms with Gasteiger partial charge in [0, 0.05) is 32.8 Å². The number of aliphatic hydroxyl groups is 1. The van der Waals surface area contributed by atoms with Crippen LogP contribution in [-0.2, 0) is 19.1 Å². The first-order chi connectivity index (χ1) is 19.7. The Balaban J connectivity index is 1.76. The first kappa shape index (κ1) is 31.3. The van der Waals surface area contributed by atoms with Gasteiger partial charge in [-0.25, -0.2) is 0 Å². The van der Waals surface area contributed by atoms with Crippen LogP contribution in [0.1, 0.15) is 58.8 Å². The quantitative estimate of drug-likeness (QED) is 0.240. The Kier molecular flexibility index (Phi) is 9.98. The minimum Gasteiger partial charge on any atom is -0.396 e. The second kappa shape index (κ2) is 13.1. The van der Waals surface area contributed by atoms with Crippen LogP contribution in [0.4, 0.5) is 5.69 Å². The molecule has 0 aromatic heterocycles. The number of carbonyl (C=O) groups excluding carboxylic acids is 3. The molecule has 0 radical (unpaired) electrons. The van der Waals surface area contributed by atoms with Crippen molar-refractivity contribution in [3.05, 3.63) is 54.6 Å². The standard InChI is InChI=1S/C32H44ClN3O5/c1-5-18-34(19-6-2)28(38)25-26-29(39)36(21-12-8-9-13-22-37)27(32(26)17-16-31(25,4)41-32)30(40)35(20-7-3)24-15-11-10-14-23(24)33/h5,7,10-11,14-15,25-27,37H,1,3,6,8-9,12-13,16-22H2,2,4H3/t25-,26-,27?,31+,32?/m0/s1. The van der Waals surface area contributed by atoms with Crippen LogP contribution in [0.5, 0.6) is 0 Å². The monoisotopic (exact) mass is 585 g/mol. The van der Waals surface area contributed by atoms with Crippen molar-refractivity contribution in [2.75, 3.05) is 37.7 Å². The third-order valence-corrected chi connectivity index (χ3v) is 9.28. The highest BCUT2D eigenvalue weighted by molar-refractivity contribution is 6.34. The highest BCUT2D eigenvalue weighted by Gasteiger charge is 2.78. The molecule has 2 unspecified atom stereocenters. The molecule has 1 aromatic carbocycles. The average Bonchev–Trinajstić information content (AvgIpc) is 3.52. The van der Waals surface area contributed by atoms with Crippen molar-refractivity contribution in [1.29, 1.82) is 0 Å². The van der Waals surface area contributed by atoms with Gasteiger partial charge in [0.15, 0.2) is 0 Å². The molecule has 3 amide bonds. The van der Waals surface area contributed by atoms with Crippen molar-refractivity contribution in [2.45, 2.75) is 76.0 Å². The maximum absolute atomic E-state index is 14.6. The molecule has 9 heteroatoms. The van der Waals surface area contributed by atoms with Gasteiger partial charge < -0.3 is 24.5 Å². The van der Waals surface area contributed by atoms with Gasteiger partial charge in [0.2, 0.25) is 11.8 Å². The zero-order valence-corrected chi connectivity index (χ0v) is 25.2. The van der Waals surface area contributed by atoms with Crippen molar-refractivity contribution in [3.63, 3.8) is 0 Å². The second-order valence-electron chi connectivity index (χ2n) is 11.7. The Hall–Kier alpha value is -2.68. The summed E-state index contributed by atoms with van der Waals surface area (Å²) in [6.45, 7) is 13.3. The number of benzene rings is 1. The van der Waals surface area contributed by atoms with E-state index in [4.69, 9.17) is 16.3 Å². The summed E-state index contributed by atoms with van der Waals surface area (Å²) in [5.74, 6) is -2.02. The fraction of sp³-hybridized carbons (Fsp3) is 0.594. The molecule has 5 atom stereocenters. The topological polar surface area (TPSA) is 90.4 Å². The van der Waals surface area contributed by atoms with E-state index in [-0.39, 0.29) is 30.9 Å². The molecule has 1 spiro atoms. The van der Waals surface area contributed by atoms with Gasteiger partial charge in [0.05, 0.1) is 28.1 Å². The number of anilines is 1. The third kappa shape index (κ3) is 5.58. The van der Waals surface area contributed by atoms with Crippen LogP contribution in [0, 0.1) is 11.8 Å². The van der Waals surface area contributed by atoms with Gasteiger partial charge in [0.25, 0.3) is 5.91 Å². The van der Waals surface area contributed by atoms with Crippen molar-refractivity contribution in [2.24, 2.45) is 11.8 Å². The van der Waals surface area contributed by atoms with Crippen LogP contribution < -0.4 is 4.90 Å². The molecule has 3 fully saturated rings. The molecule has 4 rings (SSSR count). The van der Waals surface area contributed by atoms with E-state index >= 15 is 0 Å². The fourth-order valence-corrected chi connectivity index (χ4v) is 7.48. The molecule has 3 saturated heterocycles. The van der Waals surface area contributed by atoms with Crippen LogP contribution in [0.25, 0.3) is 0 Å². The van der Waals surface area contributed by atoms with E-state index in [1.54, 1.807) is 45.1 Å². The Morgan fingerprint density at radius 1 is 1.12 bits per heavy atom. The number of ether oxygens (including phenoxy) is 1. The van der Waals surface area contributed by atoms with E-state index in [0.29, 0.717) is 56.0 Å². The summed E-state index contributed by atoms with van der Waals surface area (Å²) < 4.78 is 6.81. The number of amides is 3. The Bertz CT molecular complexity index is 1160. The lowest BCUT2D eigenvalue weighted by Crippen LogP contribution is -2.56. The summed E-state index contributed by atoms with van der Waals surface area (Å²) in [5, 5.41) is 9.61. The van der Waals surface area contributed by atoms with Crippen LogP contribution in [0.3, 0.4) is 0 Å². The molecule has 1 N–H and O–H groups in total. The molecule has 3 aliphatic rings. The maximum atomic E-state index is 14.6. The van der Waals surface area contributed by atoms with E-state index in [0.717, 1.165) is 19.3 Å². The Morgan fingerprint density at radius 3 is 2.49 bits per heavy atom. The largest absolute Gasteiger partial charge is 0.396 e. The van der Waals surface area contributed by atoms with Gasteiger partial charge in [-0.15, -0.1) is 13.2 Å². The summed E-state index contributed by atoms with van der Waals surface area (Å²) in [5.41, 5.74) is -1.41. The lowest BCUT2D eigenvalue weighted by molar-refractivity contribution is -0.149. The highest BCUT2D eigenvalue weighted by Crippen LogP contribution is 2.63. The van der Waals surface area contributed by atoms with E-state index in [2.05, 4.69) is 13.2 Å². The van der Waals surface area contributed by atoms with Crippen LogP contribution in [-0.4, -0.2) is 82.7 Å². The molecule has 0 saturated carbocycles. The molecule has 1 aromatic rings. The molecular weight excluding hydrogens is 542 g/mol. The average molecular weight is 586 g/mol. The predicted octanol–water partition coefficient (Wildman–Crippen LogP) is 4.60. The van der Waals surface area contributed by atoms with E-state index in [1.165, 1.54) is 0 Å². The van der Waals surface area contributed by atoms with Gasteiger partial charge in [0.1, 0.15) is 11.6 Å². The van der Waals surface area contributed by atoms with Gasteiger partial charge in [-0.2, -0.15) is 0 Å². The number of fused-ring (bicyclic) bond motifs is 1. The summed E-state index contributed by atoms with van der Waals surface area (Å²) in [6, 6.07) is 6.24. The summed E-state index contributed by atoms with van der Waals surface area (Å²) >= 11 is 6.55. The predicted molar refractivity (Wildman–Crippen MR) is 161 cm³/mol. The smallest absolute Gasteiger partial charge is 0.253 e. The van der Waals surface area contributed by atoms with Gasteiger partial charge in [-0.3, -0.25) is 14.4 Å². The molecule has 3 aliphatic heterocycles. The lowest BCUT2D eigenvalue weighted by Gasteiger charge is -2.37. The summed E-state index contributed by atoms with van der Waals surface area (Å²) in [4.78, 5) is 48.1. The van der Waals surface area contributed by atoms with Crippen molar-refractivity contribution >= 4 is 35.0 Å². The minimum absolute atomic E-state index is 0.112. The Labute approximate surface area is 248 Å². The number of halogens is 1. The highest BCUT2D eigenvalue weighted by atomic mass is 35.5. The second-order valence-corrected chi connectivity index (χ2v) is 12.1. The first-order valence-corrected chi connectivity index (χ1v) is 15.3. The fourth-order valence-electron chi connectivity index (χ4n) is 7.24. The number of likely N-dealkylation sites (tertiary alicyclic amines) is 1. The third-order valence-electron chi connectivity index (χ3n) is 8.96. The van der Waals surface area contributed by atoms with Crippen molar-refractivity contribution in [1.82, 2.24) is 9.80 Å². The van der Waals surface area contributed by atoms with E-state index in [1.807, 2.05) is 19.9 Å². The van der Waals surface area contributed by atoms with Crippen LogP contribution >= 0.6 is 11.6 Å². The number of unbranched alkanes of at least 4 members (excludes halogenated alkanes) is 3. The Morgan fingerprint density at radius 2 is 1.83 bits per heavy atom. The number of aliphatic hydroxyl groups excluding tert-OH is 1. The summed E-state index contributed by atoms with van der Waals surface area (Å²) in [6.07, 6.45) is 8.25. The molecule has 0 aliphatic carbocycles. The number of rotatable bonds is 15. The lowest BCUT2D eigenvalue weighted by atomic mass is 9.66. The number of carbonyl (C=O) groups is 3. The van der Waals surface area contributed by atoms with Gasteiger partial charge in [-0.05, 0) is 51.2 Å². The zero-order chi connectivity index (χ0) is 29.8. The van der Waals surface area contributed by atoms with Crippen molar-refractivity contribution in [3.8, 4) is 0 Å². The van der Waals surface area contributed by atoms with Gasteiger partial charge in [-0.1, -0.05) is 55.7 Å². The van der Waals surface area contributed by atoms with E-state index < -0.39 is 29.1 Å². The van der Waals surface area contributed by atoms with E-state index in [9.17, 15) is 19.5 Å². The zero-order valence-electron chi connectivity index (χ0n) is 24.4.